The van der Waals surface area contributed by atoms with Crippen molar-refractivity contribution in [3.8, 4) is 5.75 Å². The summed E-state index contributed by atoms with van der Waals surface area (Å²) in [7, 11) is 1.62. The van der Waals surface area contributed by atoms with E-state index in [0.717, 1.165) is 15.8 Å². The molecule has 0 amide bonds. The molecule has 17 heavy (non-hydrogen) atoms. The van der Waals surface area contributed by atoms with Gasteiger partial charge in [0.25, 0.3) is 0 Å². The van der Waals surface area contributed by atoms with E-state index >= 15 is 0 Å². The van der Waals surface area contributed by atoms with Crippen LogP contribution < -0.4 is 10.1 Å². The van der Waals surface area contributed by atoms with Crippen LogP contribution in [0.25, 0.3) is 0 Å². The van der Waals surface area contributed by atoms with Crippen LogP contribution in [0.4, 0.5) is 0 Å². The summed E-state index contributed by atoms with van der Waals surface area (Å²) in [5, 5.41) is 13.7. The lowest BCUT2D eigenvalue weighted by Gasteiger charge is -2.22. The Balaban J connectivity index is 2.15. The van der Waals surface area contributed by atoms with Crippen LogP contribution in [0.3, 0.4) is 0 Å². The van der Waals surface area contributed by atoms with Gasteiger partial charge in [0, 0.05) is 22.1 Å². The van der Waals surface area contributed by atoms with Crippen molar-refractivity contribution in [3.63, 3.8) is 0 Å². The van der Waals surface area contributed by atoms with E-state index < -0.39 is 6.10 Å². The minimum absolute atomic E-state index is 0.0331. The van der Waals surface area contributed by atoms with E-state index in [4.69, 9.17) is 4.74 Å². The van der Waals surface area contributed by atoms with Gasteiger partial charge in [-0.05, 0) is 38.0 Å². The van der Waals surface area contributed by atoms with Gasteiger partial charge in [0.2, 0.25) is 0 Å². The highest BCUT2D eigenvalue weighted by atomic mass is 79.9. The van der Waals surface area contributed by atoms with E-state index in [1.807, 2.05) is 25.1 Å². The fourth-order valence-electron chi connectivity index (χ4n) is 1.92. The first kappa shape index (κ1) is 12.9. The van der Waals surface area contributed by atoms with Crippen molar-refractivity contribution in [3.05, 3.63) is 28.2 Å². The van der Waals surface area contributed by atoms with Gasteiger partial charge in [-0.2, -0.15) is 0 Å². The highest BCUT2D eigenvalue weighted by Gasteiger charge is 2.27. The van der Waals surface area contributed by atoms with E-state index in [-0.39, 0.29) is 6.04 Å². The monoisotopic (exact) mass is 299 g/mol. The molecule has 1 saturated carbocycles. The van der Waals surface area contributed by atoms with Crippen molar-refractivity contribution >= 4 is 15.9 Å². The van der Waals surface area contributed by atoms with Crippen LogP contribution in [-0.4, -0.2) is 24.3 Å². The zero-order valence-electron chi connectivity index (χ0n) is 10.1. The fraction of sp³-hybridized carbons (Fsp3) is 0.538. The van der Waals surface area contributed by atoms with Crippen molar-refractivity contribution in [1.82, 2.24) is 5.32 Å². The molecule has 0 aromatic heterocycles. The van der Waals surface area contributed by atoms with Gasteiger partial charge >= 0.3 is 0 Å². The molecular weight excluding hydrogens is 282 g/mol. The summed E-state index contributed by atoms with van der Waals surface area (Å²) in [5.41, 5.74) is 0.822. The van der Waals surface area contributed by atoms with Crippen LogP contribution in [0.15, 0.2) is 22.7 Å². The quantitative estimate of drug-likeness (QED) is 0.878. The van der Waals surface area contributed by atoms with Crippen molar-refractivity contribution in [2.75, 3.05) is 7.11 Å². The fourth-order valence-corrected chi connectivity index (χ4v) is 2.30. The number of rotatable bonds is 5. The predicted molar refractivity (Wildman–Crippen MR) is 71.3 cm³/mol. The minimum Gasteiger partial charge on any atom is -0.496 e. The maximum absolute atomic E-state index is 10.3. The second-order valence-corrected chi connectivity index (χ2v) is 5.48. The Morgan fingerprint density at radius 2 is 2.18 bits per heavy atom. The number of aliphatic hydroxyl groups excluding tert-OH is 1. The van der Waals surface area contributed by atoms with E-state index in [1.165, 1.54) is 12.8 Å². The topological polar surface area (TPSA) is 41.5 Å². The molecule has 2 atom stereocenters. The Morgan fingerprint density at radius 1 is 1.47 bits per heavy atom. The molecule has 0 saturated heterocycles. The lowest BCUT2D eigenvalue weighted by Crippen LogP contribution is -2.33. The van der Waals surface area contributed by atoms with Gasteiger partial charge in [-0.15, -0.1) is 0 Å². The Bertz CT molecular complexity index is 393. The highest BCUT2D eigenvalue weighted by Crippen LogP contribution is 2.31. The Morgan fingerprint density at radius 3 is 2.76 bits per heavy atom. The van der Waals surface area contributed by atoms with E-state index in [1.54, 1.807) is 7.11 Å². The Labute approximate surface area is 110 Å². The van der Waals surface area contributed by atoms with Gasteiger partial charge in [-0.1, -0.05) is 15.9 Å². The molecule has 2 unspecified atom stereocenters. The number of hydrogen-bond donors (Lipinski definition) is 2. The Hall–Kier alpha value is -0.580. The average Bonchev–Trinajstić information content (AvgIpc) is 3.11. The summed E-state index contributed by atoms with van der Waals surface area (Å²) in [6.45, 7) is 2.00. The van der Waals surface area contributed by atoms with Crippen LogP contribution in [0.5, 0.6) is 5.75 Å². The number of benzene rings is 1. The van der Waals surface area contributed by atoms with E-state index in [9.17, 15) is 5.11 Å². The molecule has 2 rings (SSSR count). The third-order valence-corrected chi connectivity index (χ3v) is 3.55. The third-order valence-electron chi connectivity index (χ3n) is 3.06. The summed E-state index contributed by atoms with van der Waals surface area (Å²) >= 11 is 3.42. The smallest absolute Gasteiger partial charge is 0.124 e. The van der Waals surface area contributed by atoms with Crippen molar-refractivity contribution in [1.29, 1.82) is 0 Å². The first-order valence-electron chi connectivity index (χ1n) is 5.89. The summed E-state index contributed by atoms with van der Waals surface area (Å²) in [5.74, 6) is 0.727. The second kappa shape index (κ2) is 5.38. The molecule has 0 aliphatic heterocycles. The first-order chi connectivity index (χ1) is 8.11. The minimum atomic E-state index is -0.553. The van der Waals surface area contributed by atoms with Crippen LogP contribution >= 0.6 is 15.9 Å². The number of aliphatic hydroxyl groups is 1. The number of ether oxygens (including phenoxy) is 1. The van der Waals surface area contributed by atoms with Crippen LogP contribution in [0.1, 0.15) is 31.4 Å². The standard InChI is InChI=1S/C13H18BrNO2/c1-8(15-10-4-5-10)13(16)11-7-9(14)3-6-12(11)17-2/h3,6-8,10,13,15-16H,4-5H2,1-2H3. The van der Waals surface area contributed by atoms with E-state index in [2.05, 4.69) is 21.2 Å². The molecule has 1 fully saturated rings. The number of hydrogen-bond acceptors (Lipinski definition) is 3. The highest BCUT2D eigenvalue weighted by molar-refractivity contribution is 9.10. The van der Waals surface area contributed by atoms with Gasteiger partial charge in [-0.3, -0.25) is 0 Å². The molecule has 0 bridgehead atoms. The van der Waals surface area contributed by atoms with Crippen molar-refractivity contribution in [2.45, 2.75) is 38.0 Å². The SMILES string of the molecule is COc1ccc(Br)cc1C(O)C(C)NC1CC1. The number of nitrogens with one attached hydrogen (secondary N) is 1. The molecule has 94 valence electrons. The lowest BCUT2D eigenvalue weighted by atomic mass is 10.0. The number of methoxy groups -OCH3 is 1. The maximum Gasteiger partial charge on any atom is 0.124 e. The zero-order chi connectivity index (χ0) is 12.4. The molecular formula is C13H18BrNO2. The third kappa shape index (κ3) is 3.21. The van der Waals surface area contributed by atoms with Gasteiger partial charge < -0.3 is 15.2 Å². The summed E-state index contributed by atoms with van der Waals surface area (Å²) < 4.78 is 6.23. The van der Waals surface area contributed by atoms with Crippen LogP contribution in [0, 0.1) is 0 Å². The maximum atomic E-state index is 10.3. The normalized spacial score (nSPS) is 18.8. The largest absolute Gasteiger partial charge is 0.496 e. The lowest BCUT2D eigenvalue weighted by molar-refractivity contribution is 0.132. The van der Waals surface area contributed by atoms with Gasteiger partial charge in [0.1, 0.15) is 5.75 Å². The molecule has 2 N–H and O–H groups in total. The molecule has 1 aromatic rings. The van der Waals surface area contributed by atoms with Gasteiger partial charge in [0.15, 0.2) is 0 Å². The molecule has 1 aliphatic carbocycles. The second-order valence-electron chi connectivity index (χ2n) is 4.56. The van der Waals surface area contributed by atoms with Crippen molar-refractivity contribution < 1.29 is 9.84 Å². The molecule has 0 radical (unpaired) electrons. The van der Waals surface area contributed by atoms with E-state index in [0.29, 0.717) is 6.04 Å². The zero-order valence-corrected chi connectivity index (χ0v) is 11.7. The molecule has 1 aromatic carbocycles. The molecule has 0 spiro atoms. The average molecular weight is 300 g/mol. The Kier molecular flexibility index (Phi) is 4.07. The summed E-state index contributed by atoms with van der Waals surface area (Å²) in [6, 6.07) is 6.30. The molecule has 3 nitrogen and oxygen atoms in total. The van der Waals surface area contributed by atoms with Crippen LogP contribution in [-0.2, 0) is 0 Å². The van der Waals surface area contributed by atoms with Crippen molar-refractivity contribution in [2.24, 2.45) is 0 Å². The van der Waals surface area contributed by atoms with Gasteiger partial charge in [0.05, 0.1) is 13.2 Å². The summed E-state index contributed by atoms with van der Waals surface area (Å²) in [6.07, 6.45) is 1.88. The van der Waals surface area contributed by atoms with Gasteiger partial charge in [-0.25, -0.2) is 0 Å². The summed E-state index contributed by atoms with van der Waals surface area (Å²) in [4.78, 5) is 0. The first-order valence-corrected chi connectivity index (χ1v) is 6.68. The molecule has 1 aliphatic rings. The van der Waals surface area contributed by atoms with Crippen LogP contribution in [0.2, 0.25) is 0 Å². The molecule has 4 heteroatoms. The number of halogens is 1. The predicted octanol–water partition coefficient (Wildman–Crippen LogP) is 2.63. The molecule has 0 heterocycles.